The molecule has 0 aliphatic carbocycles. The molecule has 0 aromatic heterocycles. The number of hydrogen-bond acceptors (Lipinski definition) is 3. The molecule has 0 bridgehead atoms. The average molecular weight is 209 g/mol. The number of nitrogens with two attached hydrogens (primary N) is 2. The van der Waals surface area contributed by atoms with Crippen LogP contribution in [0.1, 0.15) is 12.8 Å². The van der Waals surface area contributed by atoms with E-state index in [-0.39, 0.29) is 18.4 Å². The zero-order chi connectivity index (χ0) is 11.1. The van der Waals surface area contributed by atoms with Crippen molar-refractivity contribution in [3.8, 4) is 0 Å². The Bertz CT molecular complexity index is 314. The van der Waals surface area contributed by atoms with Gasteiger partial charge in [-0.25, -0.2) is 4.99 Å². The number of hydrogen-bond donors (Lipinski definition) is 3. The Morgan fingerprint density at radius 1 is 1.60 bits per heavy atom. The summed E-state index contributed by atoms with van der Waals surface area (Å²) in [6.45, 7) is 0.575. The number of aliphatic imine (C=N–C) groups is 2. The van der Waals surface area contributed by atoms with E-state index in [9.17, 15) is 4.79 Å². The molecule has 1 aliphatic heterocycles. The summed E-state index contributed by atoms with van der Waals surface area (Å²) >= 11 is 0. The standard InChI is InChI=1S/C9H15N5O/c10-9(11)14-6-8(15)13-4-2-7-1-3-12-5-7/h3,5H,1-2,4,6H2,(H,13,15)(H4,10,11,14). The number of guanidine groups is 1. The molecular weight excluding hydrogens is 194 g/mol. The van der Waals surface area contributed by atoms with Gasteiger partial charge in [0.1, 0.15) is 6.54 Å². The van der Waals surface area contributed by atoms with Crippen LogP contribution in [0.25, 0.3) is 0 Å². The van der Waals surface area contributed by atoms with Gasteiger partial charge in [-0.05, 0) is 12.0 Å². The lowest BCUT2D eigenvalue weighted by Gasteiger charge is -2.03. The molecule has 0 spiro atoms. The minimum absolute atomic E-state index is 0.0160. The second-order valence-corrected chi connectivity index (χ2v) is 3.16. The third-order valence-corrected chi connectivity index (χ3v) is 1.89. The molecule has 6 heteroatoms. The van der Waals surface area contributed by atoms with E-state index < -0.39 is 0 Å². The molecule has 0 aromatic rings. The highest BCUT2D eigenvalue weighted by molar-refractivity contribution is 5.83. The number of nitrogens with one attached hydrogen (secondary N) is 1. The molecule has 82 valence electrons. The number of nitrogens with zero attached hydrogens (tertiary/aromatic N) is 2. The van der Waals surface area contributed by atoms with Gasteiger partial charge in [-0.15, -0.1) is 0 Å². The lowest BCUT2D eigenvalue weighted by molar-refractivity contribution is -0.119. The summed E-state index contributed by atoms with van der Waals surface area (Å²) in [5.41, 5.74) is 11.4. The molecule has 6 nitrogen and oxygen atoms in total. The molecule has 1 aliphatic rings. The SMILES string of the molecule is NC(N)=NCC(=O)NCCC1=CN=CC1. The van der Waals surface area contributed by atoms with E-state index in [2.05, 4.69) is 15.3 Å². The van der Waals surface area contributed by atoms with Crippen molar-refractivity contribution in [2.45, 2.75) is 12.8 Å². The molecule has 0 aromatic carbocycles. The van der Waals surface area contributed by atoms with Crippen molar-refractivity contribution in [3.63, 3.8) is 0 Å². The van der Waals surface area contributed by atoms with Crippen molar-refractivity contribution < 1.29 is 4.79 Å². The molecule has 15 heavy (non-hydrogen) atoms. The highest BCUT2D eigenvalue weighted by atomic mass is 16.1. The van der Waals surface area contributed by atoms with E-state index in [4.69, 9.17) is 11.5 Å². The first kappa shape index (κ1) is 11.2. The summed E-state index contributed by atoms with van der Waals surface area (Å²) in [7, 11) is 0. The Labute approximate surface area is 88.1 Å². The Kier molecular flexibility index (Phi) is 4.33. The molecule has 0 fully saturated rings. The summed E-state index contributed by atoms with van der Waals surface area (Å²) < 4.78 is 0. The first-order valence-electron chi connectivity index (χ1n) is 4.70. The van der Waals surface area contributed by atoms with Crippen molar-refractivity contribution >= 4 is 18.1 Å². The second-order valence-electron chi connectivity index (χ2n) is 3.16. The molecule has 5 N–H and O–H groups in total. The van der Waals surface area contributed by atoms with Crippen LogP contribution in [0, 0.1) is 0 Å². The molecule has 0 unspecified atom stereocenters. The molecular formula is C9H15N5O. The van der Waals surface area contributed by atoms with Gasteiger partial charge in [-0.1, -0.05) is 0 Å². The van der Waals surface area contributed by atoms with Crippen LogP contribution in [0.15, 0.2) is 21.8 Å². The summed E-state index contributed by atoms with van der Waals surface area (Å²) in [4.78, 5) is 18.7. The van der Waals surface area contributed by atoms with Crippen molar-refractivity contribution in [2.24, 2.45) is 21.5 Å². The lowest BCUT2D eigenvalue weighted by Crippen LogP contribution is -2.30. The second kappa shape index (κ2) is 5.79. The highest BCUT2D eigenvalue weighted by Gasteiger charge is 2.02. The van der Waals surface area contributed by atoms with Gasteiger partial charge >= 0.3 is 0 Å². The number of amides is 1. The fraction of sp³-hybridized carbons (Fsp3) is 0.444. The maximum Gasteiger partial charge on any atom is 0.241 e. The van der Waals surface area contributed by atoms with Crippen molar-refractivity contribution in [3.05, 3.63) is 11.8 Å². The third kappa shape index (κ3) is 4.80. The average Bonchev–Trinajstić information content (AvgIpc) is 2.67. The minimum atomic E-state index is -0.178. The van der Waals surface area contributed by atoms with E-state index in [1.54, 1.807) is 0 Å². The van der Waals surface area contributed by atoms with Gasteiger partial charge in [0.25, 0.3) is 0 Å². The summed E-state index contributed by atoms with van der Waals surface area (Å²) in [6, 6.07) is 0. The predicted octanol–water partition coefficient (Wildman–Crippen LogP) is -0.875. The van der Waals surface area contributed by atoms with Crippen molar-refractivity contribution in [1.82, 2.24) is 5.32 Å². The maximum absolute atomic E-state index is 11.1. The van der Waals surface area contributed by atoms with Crippen molar-refractivity contribution in [2.75, 3.05) is 13.1 Å². The first-order chi connectivity index (χ1) is 7.18. The Morgan fingerprint density at radius 3 is 3.00 bits per heavy atom. The van der Waals surface area contributed by atoms with Gasteiger partial charge in [0.2, 0.25) is 5.91 Å². The summed E-state index contributed by atoms with van der Waals surface area (Å²) in [5, 5.41) is 2.71. The van der Waals surface area contributed by atoms with E-state index >= 15 is 0 Å². The van der Waals surface area contributed by atoms with Gasteiger partial charge in [-0.3, -0.25) is 9.79 Å². The molecule has 0 radical (unpaired) electrons. The van der Waals surface area contributed by atoms with Gasteiger partial charge in [0, 0.05) is 25.4 Å². The minimum Gasteiger partial charge on any atom is -0.370 e. The van der Waals surface area contributed by atoms with Gasteiger partial charge in [-0.2, -0.15) is 0 Å². The molecule has 1 rings (SSSR count). The largest absolute Gasteiger partial charge is 0.370 e. The third-order valence-electron chi connectivity index (χ3n) is 1.89. The zero-order valence-electron chi connectivity index (χ0n) is 8.44. The monoisotopic (exact) mass is 209 g/mol. The van der Waals surface area contributed by atoms with Crippen LogP contribution in [0.3, 0.4) is 0 Å². The van der Waals surface area contributed by atoms with Gasteiger partial charge in [0.15, 0.2) is 5.96 Å². The number of rotatable bonds is 5. The van der Waals surface area contributed by atoms with Crippen LogP contribution in [0.5, 0.6) is 0 Å². The van der Waals surface area contributed by atoms with E-state index in [1.165, 1.54) is 5.57 Å². The summed E-state index contributed by atoms with van der Waals surface area (Å²) in [5.74, 6) is -0.250. The summed E-state index contributed by atoms with van der Waals surface area (Å²) in [6.07, 6.45) is 5.36. The molecule has 0 atom stereocenters. The molecule has 1 amide bonds. The zero-order valence-corrected chi connectivity index (χ0v) is 8.44. The van der Waals surface area contributed by atoms with Crippen LogP contribution in [0.4, 0.5) is 0 Å². The highest BCUT2D eigenvalue weighted by Crippen LogP contribution is 2.09. The topological polar surface area (TPSA) is 106 Å². The van der Waals surface area contributed by atoms with Crippen molar-refractivity contribution in [1.29, 1.82) is 0 Å². The van der Waals surface area contributed by atoms with Crippen LogP contribution >= 0.6 is 0 Å². The van der Waals surface area contributed by atoms with E-state index in [0.717, 1.165) is 12.8 Å². The first-order valence-corrected chi connectivity index (χ1v) is 4.70. The Hall–Kier alpha value is -1.85. The Balaban J connectivity index is 2.09. The van der Waals surface area contributed by atoms with Gasteiger partial charge in [0.05, 0.1) is 0 Å². The smallest absolute Gasteiger partial charge is 0.241 e. The molecule has 1 heterocycles. The predicted molar refractivity (Wildman–Crippen MR) is 59.5 cm³/mol. The van der Waals surface area contributed by atoms with E-state index in [1.807, 2.05) is 12.4 Å². The fourth-order valence-corrected chi connectivity index (χ4v) is 1.13. The van der Waals surface area contributed by atoms with Crippen LogP contribution < -0.4 is 16.8 Å². The normalized spacial score (nSPS) is 13.5. The van der Waals surface area contributed by atoms with Crippen LogP contribution in [0.2, 0.25) is 0 Å². The maximum atomic E-state index is 11.1. The van der Waals surface area contributed by atoms with Gasteiger partial charge < -0.3 is 16.8 Å². The number of carbonyl (C=O) groups is 1. The molecule has 0 saturated heterocycles. The van der Waals surface area contributed by atoms with Crippen LogP contribution in [-0.4, -0.2) is 31.2 Å². The van der Waals surface area contributed by atoms with E-state index in [0.29, 0.717) is 6.54 Å². The Morgan fingerprint density at radius 2 is 2.40 bits per heavy atom. The quantitative estimate of drug-likeness (QED) is 0.404. The molecule has 0 saturated carbocycles. The lowest BCUT2D eigenvalue weighted by atomic mass is 10.2. The van der Waals surface area contributed by atoms with Crippen LogP contribution in [-0.2, 0) is 4.79 Å². The number of carbonyl (C=O) groups excluding carboxylic acids is 1. The fourth-order valence-electron chi connectivity index (χ4n) is 1.13.